The Balaban J connectivity index is 3.52. The van der Waals surface area contributed by atoms with Gasteiger partial charge in [-0.2, -0.15) is 0 Å². The van der Waals surface area contributed by atoms with Gasteiger partial charge in [-0.15, -0.1) is 11.8 Å². The van der Waals surface area contributed by atoms with Crippen molar-refractivity contribution in [2.24, 2.45) is 0 Å². The summed E-state index contributed by atoms with van der Waals surface area (Å²) in [4.78, 5) is 0.818. The lowest BCUT2D eigenvalue weighted by molar-refractivity contribution is 0.649. The number of nitrogens with one attached hydrogen (secondary N) is 2. The lowest BCUT2D eigenvalue weighted by Crippen LogP contribution is -2.39. The topological polar surface area (TPSA) is 24.1 Å². The van der Waals surface area contributed by atoms with E-state index < -0.39 is 0 Å². The van der Waals surface area contributed by atoms with Crippen LogP contribution in [0, 0.1) is 0 Å². The third-order valence-electron chi connectivity index (χ3n) is 1.21. The smallest absolute Gasteiger partial charge is 0.133 e. The van der Waals surface area contributed by atoms with Gasteiger partial charge in [-0.1, -0.05) is 24.4 Å². The zero-order chi connectivity index (χ0) is 9.56. The van der Waals surface area contributed by atoms with Gasteiger partial charge in [0.05, 0.1) is 4.99 Å². The average Bonchev–Trinajstić information content (AvgIpc) is 2.00. The summed E-state index contributed by atoms with van der Waals surface area (Å²) in [6.45, 7) is 4.75. The monoisotopic (exact) mass is 222 g/mol. The minimum atomic E-state index is 0.322. The average molecular weight is 222 g/mol. The third kappa shape index (κ3) is 6.82. The molecule has 0 rings (SSSR count). The minimum absolute atomic E-state index is 0.322. The molecule has 2 nitrogen and oxygen atoms in total. The van der Waals surface area contributed by atoms with Gasteiger partial charge >= 0.3 is 0 Å². The Morgan fingerprint density at radius 3 is 2.50 bits per heavy atom. The van der Waals surface area contributed by atoms with E-state index in [1.807, 2.05) is 13.2 Å². The maximum atomic E-state index is 5.00. The zero-order valence-electron chi connectivity index (χ0n) is 7.51. The second-order valence-electron chi connectivity index (χ2n) is 2.47. The summed E-state index contributed by atoms with van der Waals surface area (Å²) in [6.07, 6.45) is 1.96. The summed E-state index contributed by atoms with van der Waals surface area (Å²) in [5.41, 5.74) is 0. The fraction of sp³-hybridized carbons (Fsp3) is 0.714. The summed E-state index contributed by atoms with van der Waals surface area (Å²) in [5.74, 6) is 0. The Labute approximate surface area is 88.9 Å². The second kappa shape index (κ2) is 6.62. The molecule has 2 N–H and O–H groups in total. The zero-order valence-corrected chi connectivity index (χ0v) is 9.96. The number of thiocarbonyl (C=S) groups is 2. The maximum absolute atomic E-state index is 5.00. The van der Waals surface area contributed by atoms with Gasteiger partial charge in [-0.3, -0.25) is 0 Å². The fourth-order valence-corrected chi connectivity index (χ4v) is 1.21. The molecule has 0 spiro atoms. The van der Waals surface area contributed by atoms with E-state index in [9.17, 15) is 0 Å². The molecule has 0 aromatic rings. The molecule has 1 unspecified atom stereocenters. The van der Waals surface area contributed by atoms with E-state index in [2.05, 4.69) is 17.6 Å². The summed E-state index contributed by atoms with van der Waals surface area (Å²) in [7, 11) is 0. The molecule has 0 aliphatic carbocycles. The first kappa shape index (κ1) is 12.1. The summed E-state index contributed by atoms with van der Waals surface area (Å²) in [5, 5.41) is 6.23. The van der Waals surface area contributed by atoms with Crippen molar-refractivity contribution in [3.05, 3.63) is 0 Å². The van der Waals surface area contributed by atoms with E-state index in [-0.39, 0.29) is 0 Å². The first-order valence-corrected chi connectivity index (χ1v) is 5.69. The van der Waals surface area contributed by atoms with Crippen molar-refractivity contribution in [2.45, 2.75) is 19.9 Å². The molecule has 0 aromatic heterocycles. The highest BCUT2D eigenvalue weighted by Gasteiger charge is 2.01. The van der Waals surface area contributed by atoms with Crippen molar-refractivity contribution in [3.63, 3.8) is 0 Å². The van der Waals surface area contributed by atoms with Crippen LogP contribution < -0.4 is 10.6 Å². The molecule has 70 valence electrons. The van der Waals surface area contributed by atoms with Gasteiger partial charge < -0.3 is 10.6 Å². The van der Waals surface area contributed by atoms with Crippen molar-refractivity contribution in [1.82, 2.24) is 10.6 Å². The van der Waals surface area contributed by atoms with Crippen LogP contribution in [0.25, 0.3) is 0 Å². The predicted molar refractivity (Wildman–Crippen MR) is 65.0 cm³/mol. The second-order valence-corrected chi connectivity index (χ2v) is 4.57. The molecule has 0 saturated heterocycles. The van der Waals surface area contributed by atoms with Crippen LogP contribution in [0.1, 0.15) is 13.8 Å². The quantitative estimate of drug-likeness (QED) is 0.706. The summed E-state index contributed by atoms with van der Waals surface area (Å²) in [6, 6.07) is 0.322. The van der Waals surface area contributed by atoms with E-state index in [4.69, 9.17) is 24.4 Å². The summed E-state index contributed by atoms with van der Waals surface area (Å²) >= 11 is 11.4. The molecule has 0 aliphatic heterocycles. The molecule has 0 amide bonds. The van der Waals surface area contributed by atoms with Crippen LogP contribution >= 0.6 is 36.2 Å². The van der Waals surface area contributed by atoms with Crippen LogP contribution in [0.4, 0.5) is 0 Å². The molecule has 0 bridgehead atoms. The molecule has 0 aromatic carbocycles. The molecule has 0 fully saturated rings. The number of thioether (sulfide) groups is 1. The first-order valence-electron chi connectivity index (χ1n) is 3.65. The van der Waals surface area contributed by atoms with Gasteiger partial charge in [0.25, 0.3) is 0 Å². The number of hydrogen-bond acceptors (Lipinski definition) is 3. The van der Waals surface area contributed by atoms with Crippen LogP contribution in [0.5, 0.6) is 0 Å². The van der Waals surface area contributed by atoms with Crippen LogP contribution in [-0.4, -0.2) is 28.2 Å². The number of rotatable bonds is 3. The van der Waals surface area contributed by atoms with E-state index >= 15 is 0 Å². The third-order valence-corrected chi connectivity index (χ3v) is 2.46. The maximum Gasteiger partial charge on any atom is 0.133 e. The van der Waals surface area contributed by atoms with E-state index in [1.165, 1.54) is 0 Å². The molecule has 0 radical (unpaired) electrons. The lowest BCUT2D eigenvalue weighted by Gasteiger charge is -2.15. The largest absolute Gasteiger partial charge is 0.378 e. The molecular formula is C7H14N2S3. The van der Waals surface area contributed by atoms with Gasteiger partial charge in [0, 0.05) is 12.6 Å². The Bertz CT molecular complexity index is 170. The Kier molecular flexibility index (Phi) is 6.70. The van der Waals surface area contributed by atoms with Crippen LogP contribution in [0.2, 0.25) is 0 Å². The lowest BCUT2D eigenvalue weighted by atomic mass is 10.3. The molecule has 0 aliphatic rings. The molecule has 12 heavy (non-hydrogen) atoms. The molecule has 1 atom stereocenters. The van der Waals surface area contributed by atoms with Crippen LogP contribution in [0.15, 0.2) is 0 Å². The summed E-state index contributed by atoms with van der Waals surface area (Å²) < 4.78 is 0.825. The predicted octanol–water partition coefficient (Wildman–Crippen LogP) is 1.55. The molecule has 5 heteroatoms. The Morgan fingerprint density at radius 2 is 2.08 bits per heavy atom. The van der Waals surface area contributed by atoms with Crippen molar-refractivity contribution in [3.8, 4) is 0 Å². The SMILES string of the molecule is CSC(=S)NC(C)CNC(C)=S. The Hall–Kier alpha value is 0.130. The van der Waals surface area contributed by atoms with Crippen molar-refractivity contribution in [1.29, 1.82) is 0 Å². The van der Waals surface area contributed by atoms with Gasteiger partial charge in [0.2, 0.25) is 0 Å². The number of hydrogen-bond donors (Lipinski definition) is 2. The van der Waals surface area contributed by atoms with Gasteiger partial charge in [0.15, 0.2) is 0 Å². The van der Waals surface area contributed by atoms with Gasteiger partial charge in [-0.25, -0.2) is 0 Å². The Morgan fingerprint density at radius 1 is 1.50 bits per heavy atom. The van der Waals surface area contributed by atoms with E-state index in [1.54, 1.807) is 11.8 Å². The highest BCUT2D eigenvalue weighted by atomic mass is 32.2. The fourth-order valence-electron chi connectivity index (χ4n) is 0.608. The standard InChI is InChI=1S/C7H14N2S3/c1-5(4-8-6(2)10)9-7(11)12-3/h5H,4H2,1-3H3,(H,8,10)(H,9,11). The van der Waals surface area contributed by atoms with Crippen LogP contribution in [-0.2, 0) is 0 Å². The van der Waals surface area contributed by atoms with E-state index in [0.29, 0.717) is 6.04 Å². The van der Waals surface area contributed by atoms with Gasteiger partial charge in [-0.05, 0) is 20.1 Å². The minimum Gasteiger partial charge on any atom is -0.378 e. The van der Waals surface area contributed by atoms with Crippen LogP contribution in [0.3, 0.4) is 0 Å². The molecule has 0 saturated carbocycles. The molecule has 0 heterocycles. The van der Waals surface area contributed by atoms with Crippen molar-refractivity contribution < 1.29 is 0 Å². The highest BCUT2D eigenvalue weighted by molar-refractivity contribution is 8.22. The highest BCUT2D eigenvalue weighted by Crippen LogP contribution is 1.95. The van der Waals surface area contributed by atoms with Crippen molar-refractivity contribution in [2.75, 3.05) is 12.8 Å². The van der Waals surface area contributed by atoms with E-state index in [0.717, 1.165) is 15.9 Å². The van der Waals surface area contributed by atoms with Crippen molar-refractivity contribution >= 4 is 45.5 Å². The van der Waals surface area contributed by atoms with Gasteiger partial charge in [0.1, 0.15) is 4.32 Å². The normalized spacial score (nSPS) is 11.9. The molecular weight excluding hydrogens is 208 g/mol. The first-order chi connectivity index (χ1) is 5.56.